The molecule has 0 radical (unpaired) electrons. The first-order chi connectivity index (χ1) is 6.77. The molecule has 1 aromatic rings. The molecule has 0 nitrogen and oxygen atoms in total. The maximum absolute atomic E-state index is 4.36. The predicted molar refractivity (Wildman–Crippen MR) is 64.7 cm³/mol. The highest BCUT2D eigenvalue weighted by atomic mass is 32.1. The highest BCUT2D eigenvalue weighted by molar-refractivity contribution is 7.80. The molecule has 0 saturated carbocycles. The van der Waals surface area contributed by atoms with Crippen molar-refractivity contribution in [1.29, 1.82) is 0 Å². The van der Waals surface area contributed by atoms with Crippen LogP contribution < -0.4 is 0 Å². The van der Waals surface area contributed by atoms with E-state index in [9.17, 15) is 0 Å². The van der Waals surface area contributed by atoms with Crippen LogP contribution >= 0.6 is 12.6 Å². The van der Waals surface area contributed by atoms with E-state index in [0.29, 0.717) is 0 Å². The minimum Gasteiger partial charge on any atom is -0.143 e. The summed E-state index contributed by atoms with van der Waals surface area (Å²) in [5.41, 5.74) is 4.13. The monoisotopic (exact) mass is 202 g/mol. The first kappa shape index (κ1) is 9.60. The second-order valence-electron chi connectivity index (χ2n) is 3.69. The van der Waals surface area contributed by atoms with Crippen LogP contribution in [-0.4, -0.2) is 0 Å². The van der Waals surface area contributed by atoms with Gasteiger partial charge in [0.05, 0.1) is 0 Å². The van der Waals surface area contributed by atoms with Gasteiger partial charge in [-0.25, -0.2) is 0 Å². The molecule has 0 fully saturated rings. The Morgan fingerprint density at radius 3 is 2.86 bits per heavy atom. The van der Waals surface area contributed by atoms with Crippen molar-refractivity contribution in [3.63, 3.8) is 0 Å². The summed E-state index contributed by atoms with van der Waals surface area (Å²) in [6.07, 6.45) is 6.83. The van der Waals surface area contributed by atoms with Crippen LogP contribution in [0.25, 0.3) is 5.57 Å². The van der Waals surface area contributed by atoms with Crippen LogP contribution in [0, 0.1) is 0 Å². The van der Waals surface area contributed by atoms with E-state index in [0.717, 1.165) is 4.90 Å². The topological polar surface area (TPSA) is 0 Å². The van der Waals surface area contributed by atoms with E-state index < -0.39 is 0 Å². The van der Waals surface area contributed by atoms with E-state index in [-0.39, 0.29) is 0 Å². The molecule has 0 N–H and O–H groups in total. The van der Waals surface area contributed by atoms with Gasteiger partial charge in [-0.05, 0) is 43.0 Å². The molecular weight excluding hydrogens is 188 g/mol. The van der Waals surface area contributed by atoms with Gasteiger partial charge in [-0.3, -0.25) is 0 Å². The van der Waals surface area contributed by atoms with Gasteiger partial charge in [0.25, 0.3) is 0 Å². The van der Waals surface area contributed by atoms with Crippen molar-refractivity contribution in [2.24, 2.45) is 0 Å². The van der Waals surface area contributed by atoms with Gasteiger partial charge < -0.3 is 0 Å². The molecule has 0 unspecified atom stereocenters. The fourth-order valence-electron chi connectivity index (χ4n) is 1.79. The molecule has 1 heteroatoms. The van der Waals surface area contributed by atoms with Crippen LogP contribution in [0.4, 0.5) is 0 Å². The second kappa shape index (κ2) is 4.05. The van der Waals surface area contributed by atoms with Crippen molar-refractivity contribution in [3.8, 4) is 0 Å². The first-order valence-electron chi connectivity index (χ1n) is 4.93. The van der Waals surface area contributed by atoms with Gasteiger partial charge in [-0.2, -0.15) is 0 Å². The molecule has 1 aliphatic carbocycles. The van der Waals surface area contributed by atoms with E-state index in [4.69, 9.17) is 0 Å². The lowest BCUT2D eigenvalue weighted by Crippen LogP contribution is -1.91. The number of hydrogen-bond donors (Lipinski definition) is 1. The van der Waals surface area contributed by atoms with Crippen molar-refractivity contribution in [2.45, 2.75) is 24.7 Å². The molecule has 1 aliphatic rings. The van der Waals surface area contributed by atoms with Gasteiger partial charge in [0, 0.05) is 4.90 Å². The Labute approximate surface area is 90.8 Å². The quantitative estimate of drug-likeness (QED) is 0.651. The summed E-state index contributed by atoms with van der Waals surface area (Å²) in [6, 6.07) is 8.33. The van der Waals surface area contributed by atoms with Crippen molar-refractivity contribution in [2.75, 3.05) is 0 Å². The summed E-state index contributed by atoms with van der Waals surface area (Å²) in [4.78, 5) is 1.03. The third-order valence-electron chi connectivity index (χ3n) is 2.59. The average Bonchev–Trinajstić information content (AvgIpc) is 2.18. The minimum atomic E-state index is 1.03. The summed E-state index contributed by atoms with van der Waals surface area (Å²) in [7, 11) is 0. The number of rotatable bonds is 1. The van der Waals surface area contributed by atoms with Gasteiger partial charge >= 0.3 is 0 Å². The SMILES string of the molecule is CC1=C(c2cccc(S)c2)C=CCC1. The standard InChI is InChI=1S/C13H14S/c1-10-5-2-3-8-13(10)11-6-4-7-12(14)9-11/h3-4,6-9,14H,2,5H2,1H3. The molecule has 1 aromatic carbocycles. The molecule has 72 valence electrons. The zero-order valence-corrected chi connectivity index (χ0v) is 9.22. The number of hydrogen-bond acceptors (Lipinski definition) is 1. The molecule has 0 saturated heterocycles. The van der Waals surface area contributed by atoms with Gasteiger partial charge in [-0.1, -0.05) is 29.9 Å². The summed E-state index contributed by atoms with van der Waals surface area (Å²) < 4.78 is 0. The Bertz CT molecular complexity index is 399. The van der Waals surface area contributed by atoms with Gasteiger partial charge in [0.15, 0.2) is 0 Å². The minimum absolute atomic E-state index is 1.03. The molecule has 0 bridgehead atoms. The van der Waals surface area contributed by atoms with Crippen LogP contribution in [0.1, 0.15) is 25.3 Å². The van der Waals surface area contributed by atoms with Gasteiger partial charge in [0.2, 0.25) is 0 Å². The van der Waals surface area contributed by atoms with Gasteiger partial charge in [-0.15, -0.1) is 12.6 Å². The molecule has 0 aromatic heterocycles. The zero-order valence-electron chi connectivity index (χ0n) is 8.33. The maximum Gasteiger partial charge on any atom is 0.00461 e. The fraction of sp³-hybridized carbons (Fsp3) is 0.231. The molecule has 0 spiro atoms. The summed E-state index contributed by atoms with van der Waals surface area (Å²) in [6.45, 7) is 2.21. The van der Waals surface area contributed by atoms with E-state index in [2.05, 4.69) is 49.9 Å². The zero-order chi connectivity index (χ0) is 9.97. The normalized spacial score (nSPS) is 16.1. The summed E-state index contributed by atoms with van der Waals surface area (Å²) >= 11 is 4.36. The van der Waals surface area contributed by atoms with Crippen LogP contribution in [0.3, 0.4) is 0 Å². The van der Waals surface area contributed by atoms with Crippen molar-refractivity contribution in [3.05, 3.63) is 47.6 Å². The lowest BCUT2D eigenvalue weighted by molar-refractivity contribution is 0.967. The molecule has 2 rings (SSSR count). The van der Waals surface area contributed by atoms with Crippen LogP contribution in [0.5, 0.6) is 0 Å². The fourth-order valence-corrected chi connectivity index (χ4v) is 2.02. The van der Waals surface area contributed by atoms with E-state index in [1.165, 1.54) is 29.6 Å². The molecule has 14 heavy (non-hydrogen) atoms. The Morgan fingerprint density at radius 2 is 2.14 bits per heavy atom. The molecule has 0 heterocycles. The second-order valence-corrected chi connectivity index (χ2v) is 4.20. The Balaban J connectivity index is 2.44. The highest BCUT2D eigenvalue weighted by Gasteiger charge is 2.06. The van der Waals surface area contributed by atoms with Crippen molar-refractivity contribution >= 4 is 18.2 Å². The lowest BCUT2D eigenvalue weighted by Gasteiger charge is -2.12. The summed E-state index contributed by atoms with van der Waals surface area (Å²) in [5.74, 6) is 0. The van der Waals surface area contributed by atoms with Crippen LogP contribution in [-0.2, 0) is 0 Å². The smallest absolute Gasteiger partial charge is 0.00461 e. The Kier molecular flexibility index (Phi) is 2.78. The Hall–Kier alpha value is -0.950. The van der Waals surface area contributed by atoms with E-state index in [1.807, 2.05) is 6.07 Å². The van der Waals surface area contributed by atoms with Crippen LogP contribution in [0.2, 0.25) is 0 Å². The van der Waals surface area contributed by atoms with Crippen molar-refractivity contribution in [1.82, 2.24) is 0 Å². The average molecular weight is 202 g/mol. The third kappa shape index (κ3) is 1.93. The lowest BCUT2D eigenvalue weighted by atomic mass is 9.93. The molecule has 0 aliphatic heterocycles. The third-order valence-corrected chi connectivity index (χ3v) is 2.87. The number of thiol groups is 1. The van der Waals surface area contributed by atoms with Crippen molar-refractivity contribution < 1.29 is 0 Å². The Morgan fingerprint density at radius 1 is 1.29 bits per heavy atom. The first-order valence-corrected chi connectivity index (χ1v) is 5.38. The molecular formula is C13H14S. The molecule has 0 amide bonds. The highest BCUT2D eigenvalue weighted by Crippen LogP contribution is 2.27. The molecule has 0 atom stereocenters. The van der Waals surface area contributed by atoms with Gasteiger partial charge in [0.1, 0.15) is 0 Å². The number of allylic oxidation sites excluding steroid dienone is 4. The number of benzene rings is 1. The largest absolute Gasteiger partial charge is 0.143 e. The van der Waals surface area contributed by atoms with E-state index >= 15 is 0 Å². The van der Waals surface area contributed by atoms with Crippen LogP contribution in [0.15, 0.2) is 46.9 Å². The summed E-state index contributed by atoms with van der Waals surface area (Å²) in [5, 5.41) is 0. The van der Waals surface area contributed by atoms with E-state index in [1.54, 1.807) is 0 Å². The predicted octanol–water partition coefficient (Wildman–Crippen LogP) is 4.10. The maximum atomic E-state index is 4.36.